The number of hydrogen-bond acceptors (Lipinski definition) is 3. The maximum Gasteiger partial charge on any atom is 0.330 e. The molecule has 16 heavy (non-hydrogen) atoms. The largest absolute Gasteiger partial charge is 0.459 e. The lowest BCUT2D eigenvalue weighted by Gasteiger charge is -2.32. The number of aliphatic hydroxyl groups is 1. The van der Waals surface area contributed by atoms with Crippen molar-refractivity contribution in [3.8, 4) is 0 Å². The van der Waals surface area contributed by atoms with E-state index in [1.807, 2.05) is 0 Å². The van der Waals surface area contributed by atoms with Crippen molar-refractivity contribution in [2.45, 2.75) is 36.8 Å². The Kier molecular flexibility index (Phi) is 4.03. The Morgan fingerprint density at radius 2 is 2.12 bits per heavy atom. The van der Waals surface area contributed by atoms with Crippen molar-refractivity contribution >= 4 is 37.8 Å². The van der Waals surface area contributed by atoms with Gasteiger partial charge in [0.05, 0.1) is 0 Å². The maximum atomic E-state index is 12.0. The van der Waals surface area contributed by atoms with Gasteiger partial charge < -0.3 is 9.84 Å². The van der Waals surface area contributed by atoms with Crippen LogP contribution in [0.15, 0.2) is 22.7 Å². The minimum Gasteiger partial charge on any atom is -0.459 e. The van der Waals surface area contributed by atoms with Gasteiger partial charge in [-0.05, 0) is 26.8 Å². The average molecular weight is 354 g/mol. The molecule has 1 rings (SSSR count). The molecule has 2 unspecified atom stereocenters. The van der Waals surface area contributed by atoms with Crippen molar-refractivity contribution in [1.29, 1.82) is 0 Å². The van der Waals surface area contributed by atoms with Gasteiger partial charge in [-0.3, -0.25) is 4.79 Å². The number of rotatable bonds is 1. The molecule has 90 valence electrons. The number of carbonyl (C=O) groups is 1. The summed E-state index contributed by atoms with van der Waals surface area (Å²) in [4.78, 5) is 12.0. The van der Waals surface area contributed by atoms with Crippen molar-refractivity contribution in [3.05, 3.63) is 22.7 Å². The van der Waals surface area contributed by atoms with Crippen molar-refractivity contribution in [1.82, 2.24) is 0 Å². The van der Waals surface area contributed by atoms with Gasteiger partial charge in [-0.15, -0.1) is 0 Å². The van der Waals surface area contributed by atoms with Crippen LogP contribution in [-0.4, -0.2) is 27.1 Å². The Bertz CT molecular complexity index is 355. The van der Waals surface area contributed by atoms with Crippen molar-refractivity contribution in [3.63, 3.8) is 0 Å². The first-order valence-corrected chi connectivity index (χ1v) is 6.41. The van der Waals surface area contributed by atoms with E-state index >= 15 is 0 Å². The SMILES string of the molecule is CC(C)(C)OC(=O)C1(Br)C=CC=C(Br)C1O. The van der Waals surface area contributed by atoms with E-state index in [4.69, 9.17) is 4.74 Å². The summed E-state index contributed by atoms with van der Waals surface area (Å²) in [6.45, 7) is 5.35. The standard InChI is InChI=1S/C11H14Br2O3/c1-10(2,3)16-9(15)11(13)6-4-5-7(12)8(11)14/h4-6,8,14H,1-3H3. The summed E-state index contributed by atoms with van der Waals surface area (Å²) >= 11 is 6.44. The molecule has 0 aromatic rings. The summed E-state index contributed by atoms with van der Waals surface area (Å²) in [5, 5.41) is 9.95. The van der Waals surface area contributed by atoms with Gasteiger partial charge in [0.1, 0.15) is 11.7 Å². The predicted octanol–water partition coefficient (Wildman–Crippen LogP) is 2.67. The molecule has 0 saturated carbocycles. The highest BCUT2D eigenvalue weighted by atomic mass is 79.9. The van der Waals surface area contributed by atoms with E-state index in [1.54, 1.807) is 39.0 Å². The van der Waals surface area contributed by atoms with Crippen LogP contribution in [0.5, 0.6) is 0 Å². The van der Waals surface area contributed by atoms with E-state index in [2.05, 4.69) is 31.9 Å². The van der Waals surface area contributed by atoms with E-state index in [1.165, 1.54) is 0 Å². The van der Waals surface area contributed by atoms with Gasteiger partial charge in [0.15, 0.2) is 4.32 Å². The molecular weight excluding hydrogens is 340 g/mol. The lowest BCUT2D eigenvalue weighted by molar-refractivity contribution is -0.158. The topological polar surface area (TPSA) is 46.5 Å². The van der Waals surface area contributed by atoms with E-state index < -0.39 is 22.0 Å². The van der Waals surface area contributed by atoms with Crippen LogP contribution < -0.4 is 0 Å². The summed E-state index contributed by atoms with van der Waals surface area (Å²) in [6, 6.07) is 0. The first-order valence-electron chi connectivity index (χ1n) is 4.82. The molecule has 5 heteroatoms. The van der Waals surface area contributed by atoms with Crippen LogP contribution >= 0.6 is 31.9 Å². The molecule has 0 aromatic heterocycles. The summed E-state index contributed by atoms with van der Waals surface area (Å²) in [5.41, 5.74) is -0.584. The molecule has 0 amide bonds. The zero-order valence-corrected chi connectivity index (χ0v) is 12.5. The number of aliphatic hydroxyl groups excluding tert-OH is 1. The van der Waals surface area contributed by atoms with Crippen LogP contribution in [0.1, 0.15) is 20.8 Å². The fraction of sp³-hybridized carbons (Fsp3) is 0.545. The van der Waals surface area contributed by atoms with Crippen LogP contribution in [0.4, 0.5) is 0 Å². The van der Waals surface area contributed by atoms with Crippen molar-refractivity contribution in [2.75, 3.05) is 0 Å². The molecule has 0 radical (unpaired) electrons. The fourth-order valence-corrected chi connectivity index (χ4v) is 2.50. The molecular formula is C11H14Br2O3. The number of carbonyl (C=O) groups excluding carboxylic acids is 1. The zero-order chi connectivity index (χ0) is 12.6. The number of halogens is 2. The van der Waals surface area contributed by atoms with Gasteiger partial charge in [0.2, 0.25) is 0 Å². The van der Waals surface area contributed by atoms with Crippen LogP contribution in [0.3, 0.4) is 0 Å². The lowest BCUT2D eigenvalue weighted by Crippen LogP contribution is -2.47. The molecule has 2 atom stereocenters. The van der Waals surface area contributed by atoms with E-state index in [-0.39, 0.29) is 0 Å². The summed E-state index contributed by atoms with van der Waals surface area (Å²) in [6.07, 6.45) is 3.98. The third-order valence-electron chi connectivity index (χ3n) is 1.97. The molecule has 0 aliphatic heterocycles. The molecule has 0 aromatic carbocycles. The Balaban J connectivity index is 2.91. The maximum absolute atomic E-state index is 12.0. The van der Waals surface area contributed by atoms with Crippen LogP contribution in [0.2, 0.25) is 0 Å². The van der Waals surface area contributed by atoms with Crippen molar-refractivity contribution < 1.29 is 14.6 Å². The summed E-state index contributed by atoms with van der Waals surface area (Å²) in [5.74, 6) is -0.506. The Hall–Kier alpha value is -0.130. The zero-order valence-electron chi connectivity index (χ0n) is 9.33. The Labute approximate surface area is 112 Å². The second kappa shape index (κ2) is 4.63. The number of esters is 1. The van der Waals surface area contributed by atoms with E-state index in [0.29, 0.717) is 4.48 Å². The third-order valence-corrected chi connectivity index (χ3v) is 3.68. The Morgan fingerprint density at radius 1 is 1.56 bits per heavy atom. The minimum absolute atomic E-state index is 0.506. The highest BCUT2D eigenvalue weighted by molar-refractivity contribution is 9.12. The first-order chi connectivity index (χ1) is 7.17. The molecule has 0 bridgehead atoms. The molecule has 0 fully saturated rings. The lowest BCUT2D eigenvalue weighted by atomic mass is 9.97. The smallest absolute Gasteiger partial charge is 0.330 e. The average Bonchev–Trinajstić information content (AvgIpc) is 2.11. The number of alkyl halides is 1. The third kappa shape index (κ3) is 2.96. The van der Waals surface area contributed by atoms with E-state index in [0.717, 1.165) is 0 Å². The molecule has 0 heterocycles. The molecule has 1 aliphatic carbocycles. The fourth-order valence-electron chi connectivity index (χ4n) is 1.20. The molecule has 1 aliphatic rings. The van der Waals surface area contributed by atoms with Crippen LogP contribution in [0.25, 0.3) is 0 Å². The van der Waals surface area contributed by atoms with Gasteiger partial charge >= 0.3 is 5.97 Å². The van der Waals surface area contributed by atoms with Gasteiger partial charge in [0.25, 0.3) is 0 Å². The minimum atomic E-state index is -1.21. The number of ether oxygens (including phenoxy) is 1. The highest BCUT2D eigenvalue weighted by Gasteiger charge is 2.45. The van der Waals surface area contributed by atoms with Gasteiger partial charge in [-0.25, -0.2) is 0 Å². The quantitative estimate of drug-likeness (QED) is 0.582. The summed E-state index contributed by atoms with van der Waals surface area (Å²) in [7, 11) is 0. The number of hydrogen-bond donors (Lipinski definition) is 1. The van der Waals surface area contributed by atoms with Gasteiger partial charge in [0, 0.05) is 4.48 Å². The molecule has 0 spiro atoms. The second-order valence-corrected chi connectivity index (χ2v) is 6.81. The summed E-state index contributed by atoms with van der Waals surface area (Å²) < 4.78 is 4.58. The van der Waals surface area contributed by atoms with E-state index in [9.17, 15) is 9.90 Å². The van der Waals surface area contributed by atoms with Gasteiger partial charge in [-0.1, -0.05) is 44.0 Å². The highest BCUT2D eigenvalue weighted by Crippen LogP contribution is 2.36. The first kappa shape index (κ1) is 13.9. The molecule has 1 N–H and O–H groups in total. The normalized spacial score (nSPS) is 29.9. The Morgan fingerprint density at radius 3 is 2.62 bits per heavy atom. The van der Waals surface area contributed by atoms with Crippen LogP contribution in [0, 0.1) is 0 Å². The molecule has 3 nitrogen and oxygen atoms in total. The monoisotopic (exact) mass is 352 g/mol. The predicted molar refractivity (Wildman–Crippen MR) is 69.7 cm³/mol. The number of allylic oxidation sites excluding steroid dienone is 2. The second-order valence-electron chi connectivity index (χ2n) is 4.58. The van der Waals surface area contributed by atoms with Gasteiger partial charge in [-0.2, -0.15) is 0 Å². The molecule has 0 saturated heterocycles. The van der Waals surface area contributed by atoms with Crippen molar-refractivity contribution in [2.24, 2.45) is 0 Å². The van der Waals surface area contributed by atoms with Crippen LogP contribution in [-0.2, 0) is 9.53 Å².